The molecule has 1 rings (SSSR count). The summed E-state index contributed by atoms with van der Waals surface area (Å²) in [4.78, 5) is 10.7. The Kier molecular flexibility index (Phi) is 6.04. The number of aliphatic hydroxyl groups excluding tert-OH is 1. The Labute approximate surface area is 102 Å². The first kappa shape index (κ1) is 13.5. The van der Waals surface area contributed by atoms with Crippen LogP contribution in [0.2, 0.25) is 0 Å². The average molecular weight is 233 g/mol. The molecule has 0 atom stereocenters. The number of hydrogen-bond acceptors (Lipinski definition) is 2. The van der Waals surface area contributed by atoms with Crippen LogP contribution in [0.1, 0.15) is 24.5 Å². The van der Waals surface area contributed by atoms with Crippen LogP contribution < -0.4 is 5.32 Å². The second kappa shape index (κ2) is 7.63. The molecule has 0 radical (unpaired) electrons. The third kappa shape index (κ3) is 5.31. The molecule has 0 fully saturated rings. The van der Waals surface area contributed by atoms with Gasteiger partial charge in [0.05, 0.1) is 0 Å². The molecule has 3 nitrogen and oxygen atoms in total. The van der Waals surface area contributed by atoms with Crippen LogP contribution in [-0.2, 0) is 11.2 Å². The molecule has 0 aliphatic heterocycles. The predicted octanol–water partition coefficient (Wildman–Crippen LogP) is 1.76. The molecule has 1 aromatic carbocycles. The minimum atomic E-state index is -0.000851. The topological polar surface area (TPSA) is 49.3 Å². The molecule has 1 amide bonds. The Hall–Kier alpha value is -1.61. The number of rotatable bonds is 6. The standard InChI is InChI=1S/C14H19NO2/c1-12(17)15-10-5-4-8-13-6-2-3-7-14(13)9-11-16/h2-4,6-8,16H,5,9-11H2,1H3,(H,15,17). The van der Waals surface area contributed by atoms with Gasteiger partial charge in [-0.15, -0.1) is 0 Å². The average Bonchev–Trinajstić information content (AvgIpc) is 2.31. The van der Waals surface area contributed by atoms with E-state index >= 15 is 0 Å². The minimum Gasteiger partial charge on any atom is -0.396 e. The molecule has 0 heterocycles. The summed E-state index contributed by atoms with van der Waals surface area (Å²) in [6.07, 6.45) is 5.55. The molecule has 0 saturated heterocycles. The Morgan fingerprint density at radius 3 is 2.88 bits per heavy atom. The fraction of sp³-hybridized carbons (Fsp3) is 0.357. The lowest BCUT2D eigenvalue weighted by molar-refractivity contribution is -0.118. The highest BCUT2D eigenvalue weighted by Crippen LogP contribution is 2.11. The van der Waals surface area contributed by atoms with Gasteiger partial charge in [-0.2, -0.15) is 0 Å². The van der Waals surface area contributed by atoms with E-state index in [-0.39, 0.29) is 12.5 Å². The molecular weight excluding hydrogens is 214 g/mol. The molecule has 0 aliphatic rings. The highest BCUT2D eigenvalue weighted by atomic mass is 16.2. The lowest BCUT2D eigenvalue weighted by atomic mass is 10.0. The van der Waals surface area contributed by atoms with Crippen molar-refractivity contribution in [2.45, 2.75) is 19.8 Å². The van der Waals surface area contributed by atoms with Gasteiger partial charge in [0, 0.05) is 20.1 Å². The Balaban J connectivity index is 2.49. The second-order valence-corrected chi connectivity index (χ2v) is 3.85. The lowest BCUT2D eigenvalue weighted by Crippen LogP contribution is -2.20. The Morgan fingerprint density at radius 2 is 2.18 bits per heavy atom. The SMILES string of the molecule is CC(=O)NCCC=Cc1ccccc1CCO. The van der Waals surface area contributed by atoms with E-state index in [0.717, 1.165) is 17.5 Å². The molecule has 0 aromatic heterocycles. The Bertz CT molecular complexity index is 386. The van der Waals surface area contributed by atoms with Crippen LogP contribution in [0.4, 0.5) is 0 Å². The van der Waals surface area contributed by atoms with E-state index in [2.05, 4.69) is 5.32 Å². The lowest BCUT2D eigenvalue weighted by Gasteiger charge is -2.03. The first-order chi connectivity index (χ1) is 8.24. The van der Waals surface area contributed by atoms with Crippen LogP contribution in [0.5, 0.6) is 0 Å². The van der Waals surface area contributed by atoms with Gasteiger partial charge in [0.15, 0.2) is 0 Å². The van der Waals surface area contributed by atoms with E-state index in [1.807, 2.05) is 36.4 Å². The number of amides is 1. The maximum Gasteiger partial charge on any atom is 0.216 e. The van der Waals surface area contributed by atoms with Crippen LogP contribution in [0.25, 0.3) is 6.08 Å². The molecule has 0 aliphatic carbocycles. The maximum atomic E-state index is 10.7. The minimum absolute atomic E-state index is 0.000851. The van der Waals surface area contributed by atoms with Crippen LogP contribution in [0.15, 0.2) is 30.3 Å². The molecule has 0 spiro atoms. The van der Waals surface area contributed by atoms with Gasteiger partial charge in [-0.1, -0.05) is 36.4 Å². The monoisotopic (exact) mass is 233 g/mol. The number of carbonyl (C=O) groups is 1. The fourth-order valence-electron chi connectivity index (χ4n) is 1.59. The van der Waals surface area contributed by atoms with E-state index in [0.29, 0.717) is 13.0 Å². The van der Waals surface area contributed by atoms with Crippen molar-refractivity contribution in [1.82, 2.24) is 5.32 Å². The highest BCUT2D eigenvalue weighted by molar-refractivity contribution is 5.72. The first-order valence-corrected chi connectivity index (χ1v) is 5.84. The van der Waals surface area contributed by atoms with E-state index in [1.54, 1.807) is 0 Å². The van der Waals surface area contributed by atoms with Crippen LogP contribution >= 0.6 is 0 Å². The summed E-state index contributed by atoms with van der Waals surface area (Å²) in [5, 5.41) is 11.7. The smallest absolute Gasteiger partial charge is 0.216 e. The summed E-state index contributed by atoms with van der Waals surface area (Å²) in [6.45, 7) is 2.34. The molecular formula is C14H19NO2. The molecule has 3 heteroatoms. The molecule has 0 unspecified atom stereocenters. The summed E-state index contributed by atoms with van der Waals surface area (Å²) < 4.78 is 0. The van der Waals surface area contributed by atoms with Crippen LogP contribution in [0.3, 0.4) is 0 Å². The second-order valence-electron chi connectivity index (χ2n) is 3.85. The van der Waals surface area contributed by atoms with Crippen LogP contribution in [-0.4, -0.2) is 24.2 Å². The molecule has 92 valence electrons. The van der Waals surface area contributed by atoms with Crippen molar-refractivity contribution in [1.29, 1.82) is 0 Å². The number of carbonyl (C=O) groups excluding carboxylic acids is 1. The van der Waals surface area contributed by atoms with E-state index in [1.165, 1.54) is 6.92 Å². The zero-order chi connectivity index (χ0) is 12.5. The van der Waals surface area contributed by atoms with E-state index in [9.17, 15) is 4.79 Å². The summed E-state index contributed by atoms with van der Waals surface area (Å²) in [5.74, 6) is -0.000851. The van der Waals surface area contributed by atoms with E-state index in [4.69, 9.17) is 5.11 Å². The van der Waals surface area contributed by atoms with Crippen LogP contribution in [0, 0.1) is 0 Å². The number of benzene rings is 1. The third-order valence-corrected chi connectivity index (χ3v) is 2.42. The zero-order valence-electron chi connectivity index (χ0n) is 10.1. The number of aliphatic hydroxyl groups is 1. The maximum absolute atomic E-state index is 10.7. The van der Waals surface area contributed by atoms with Gasteiger partial charge < -0.3 is 10.4 Å². The number of hydrogen-bond donors (Lipinski definition) is 2. The summed E-state index contributed by atoms with van der Waals surface area (Å²) in [7, 11) is 0. The number of nitrogens with one attached hydrogen (secondary N) is 1. The summed E-state index contributed by atoms with van der Waals surface area (Å²) in [6, 6.07) is 8.00. The molecule has 1 aromatic rings. The van der Waals surface area contributed by atoms with Crippen molar-refractivity contribution in [2.24, 2.45) is 0 Å². The van der Waals surface area contributed by atoms with Crippen molar-refractivity contribution in [3.05, 3.63) is 41.5 Å². The van der Waals surface area contributed by atoms with Gasteiger partial charge >= 0.3 is 0 Å². The quantitative estimate of drug-likeness (QED) is 0.736. The van der Waals surface area contributed by atoms with Gasteiger partial charge in [-0.05, 0) is 24.0 Å². The fourth-order valence-corrected chi connectivity index (χ4v) is 1.59. The van der Waals surface area contributed by atoms with Gasteiger partial charge in [0.1, 0.15) is 0 Å². The van der Waals surface area contributed by atoms with Gasteiger partial charge in [-0.3, -0.25) is 4.79 Å². The molecule has 2 N–H and O–H groups in total. The molecule has 17 heavy (non-hydrogen) atoms. The third-order valence-electron chi connectivity index (χ3n) is 2.42. The zero-order valence-corrected chi connectivity index (χ0v) is 10.1. The highest BCUT2D eigenvalue weighted by Gasteiger charge is 1.96. The van der Waals surface area contributed by atoms with Crippen molar-refractivity contribution < 1.29 is 9.90 Å². The van der Waals surface area contributed by atoms with Crippen molar-refractivity contribution >= 4 is 12.0 Å². The molecule has 0 saturated carbocycles. The predicted molar refractivity (Wildman–Crippen MR) is 69.6 cm³/mol. The van der Waals surface area contributed by atoms with E-state index < -0.39 is 0 Å². The van der Waals surface area contributed by atoms with Gasteiger partial charge in [0.2, 0.25) is 5.91 Å². The van der Waals surface area contributed by atoms with Crippen molar-refractivity contribution in [2.75, 3.05) is 13.2 Å². The Morgan fingerprint density at radius 1 is 1.41 bits per heavy atom. The molecule has 0 bridgehead atoms. The largest absolute Gasteiger partial charge is 0.396 e. The summed E-state index contributed by atoms with van der Waals surface area (Å²) in [5.41, 5.74) is 2.27. The van der Waals surface area contributed by atoms with Gasteiger partial charge in [0.25, 0.3) is 0 Å². The van der Waals surface area contributed by atoms with Crippen molar-refractivity contribution in [3.8, 4) is 0 Å². The first-order valence-electron chi connectivity index (χ1n) is 5.84. The summed E-state index contributed by atoms with van der Waals surface area (Å²) >= 11 is 0. The normalized spacial score (nSPS) is 10.7. The van der Waals surface area contributed by atoms with Gasteiger partial charge in [-0.25, -0.2) is 0 Å². The van der Waals surface area contributed by atoms with Crippen molar-refractivity contribution in [3.63, 3.8) is 0 Å².